The second kappa shape index (κ2) is 8.48. The first-order valence-corrected chi connectivity index (χ1v) is 12.3. The average molecular weight is 526 g/mol. The number of rotatable bonds is 2. The first-order valence-electron chi connectivity index (χ1n) is 12.0. The summed E-state index contributed by atoms with van der Waals surface area (Å²) in [5.74, 6) is 0.540. The second-order valence-electron chi connectivity index (χ2n) is 9.61. The van der Waals surface area contributed by atoms with E-state index in [0.717, 1.165) is 17.6 Å². The van der Waals surface area contributed by atoms with E-state index in [-0.39, 0.29) is 18.4 Å². The van der Waals surface area contributed by atoms with E-state index in [1.807, 2.05) is 18.2 Å². The zero-order valence-electron chi connectivity index (χ0n) is 19.9. The van der Waals surface area contributed by atoms with E-state index in [4.69, 9.17) is 11.6 Å². The predicted octanol–water partition coefficient (Wildman–Crippen LogP) is 5.41. The highest BCUT2D eigenvalue weighted by Gasteiger charge is 2.60. The summed E-state index contributed by atoms with van der Waals surface area (Å²) in [5.41, 5.74) is 0.511. The zero-order chi connectivity index (χ0) is 25.9. The number of pyridine rings is 1. The number of benzene rings is 2. The summed E-state index contributed by atoms with van der Waals surface area (Å²) in [5, 5.41) is 6.55. The molecule has 1 saturated heterocycles. The number of fused-ring (bicyclic) bond motifs is 4. The average Bonchev–Trinajstić information content (AvgIpc) is 3.14. The van der Waals surface area contributed by atoms with Crippen LogP contribution in [0.2, 0.25) is 5.02 Å². The summed E-state index contributed by atoms with van der Waals surface area (Å²) in [6, 6.07) is 16.0. The molecule has 3 aliphatic heterocycles. The maximum atomic E-state index is 14.3. The molecule has 4 heterocycles. The van der Waals surface area contributed by atoms with Gasteiger partial charge in [0, 0.05) is 36.5 Å². The number of hydrogen-bond acceptors (Lipinski definition) is 5. The molecule has 6 nitrogen and oxygen atoms in total. The summed E-state index contributed by atoms with van der Waals surface area (Å²) in [6.45, 7) is 3.42. The number of hydrazone groups is 1. The lowest BCUT2D eigenvalue weighted by atomic mass is 9.67. The Bertz CT molecular complexity index is 1400. The Labute approximate surface area is 217 Å². The molecule has 1 fully saturated rings. The lowest BCUT2D eigenvalue weighted by Crippen LogP contribution is -2.67. The molecule has 2 atom stereocenters. The van der Waals surface area contributed by atoms with Crippen LogP contribution < -0.4 is 14.8 Å². The fraction of sp³-hybridized carbons (Fsp3) is 0.296. The zero-order valence-corrected chi connectivity index (χ0v) is 20.7. The van der Waals surface area contributed by atoms with Crippen molar-refractivity contribution < 1.29 is 18.0 Å². The first kappa shape index (κ1) is 23.8. The smallest absolute Gasteiger partial charge is 0.363 e. The number of aromatic nitrogens is 1. The van der Waals surface area contributed by atoms with Crippen LogP contribution in [0.5, 0.6) is 0 Å². The Morgan fingerprint density at radius 3 is 2.54 bits per heavy atom. The molecular formula is C27H23ClF3N5O. The SMILES string of the molecule is CC1=NN(c2ccc(Cl)cc2)C(=O)[C@]12Cc1cc(C(F)(F)F)ccc1N1CCN(c3ccccn3)C[C@@H]12. The van der Waals surface area contributed by atoms with Crippen LogP contribution in [0.1, 0.15) is 18.1 Å². The standard InChI is InChI=1S/C27H23ClF3N5O/c1-17-26(25(37)36(33-17)21-8-6-20(28)7-9-21)15-18-14-19(27(29,30)31)5-10-22(18)35-13-12-34(16-23(26)35)24-4-2-3-11-32-24/h2-11,14,23H,12-13,15-16H2,1H3/t23-,26-/m1/s1. The quantitative estimate of drug-likeness (QED) is 0.449. The van der Waals surface area contributed by atoms with Crippen LogP contribution in [0, 0.1) is 5.41 Å². The molecule has 10 heteroatoms. The minimum absolute atomic E-state index is 0.127. The summed E-state index contributed by atoms with van der Waals surface area (Å²) in [4.78, 5) is 23.0. The highest BCUT2D eigenvalue weighted by molar-refractivity contribution is 6.30. The molecule has 0 saturated carbocycles. The Hall–Kier alpha value is -3.59. The molecule has 2 aromatic carbocycles. The van der Waals surface area contributed by atoms with Gasteiger partial charge in [-0.3, -0.25) is 4.79 Å². The van der Waals surface area contributed by atoms with Gasteiger partial charge in [0.25, 0.3) is 5.91 Å². The molecule has 3 aromatic rings. The third kappa shape index (κ3) is 3.75. The number of alkyl halides is 3. The van der Waals surface area contributed by atoms with E-state index in [2.05, 4.69) is 19.9 Å². The van der Waals surface area contributed by atoms with Crippen LogP contribution in [-0.2, 0) is 17.4 Å². The van der Waals surface area contributed by atoms with Crippen molar-refractivity contribution in [1.82, 2.24) is 4.98 Å². The summed E-state index contributed by atoms with van der Waals surface area (Å²) in [6.07, 6.45) is -2.63. The van der Waals surface area contributed by atoms with Crippen molar-refractivity contribution in [2.24, 2.45) is 10.5 Å². The highest BCUT2D eigenvalue weighted by Crippen LogP contribution is 2.49. The van der Waals surface area contributed by atoms with Crippen molar-refractivity contribution in [3.05, 3.63) is 83.0 Å². The molecular weight excluding hydrogens is 503 g/mol. The van der Waals surface area contributed by atoms with Gasteiger partial charge in [-0.25, -0.2) is 4.98 Å². The van der Waals surface area contributed by atoms with Crippen molar-refractivity contribution >= 4 is 40.4 Å². The van der Waals surface area contributed by atoms with Crippen LogP contribution in [0.3, 0.4) is 0 Å². The van der Waals surface area contributed by atoms with E-state index in [0.29, 0.717) is 41.6 Å². The van der Waals surface area contributed by atoms with Crippen molar-refractivity contribution in [1.29, 1.82) is 0 Å². The number of hydrogen-bond donors (Lipinski definition) is 0. The van der Waals surface area contributed by atoms with Crippen molar-refractivity contribution in [2.45, 2.75) is 25.6 Å². The highest BCUT2D eigenvalue weighted by atomic mass is 35.5. The van der Waals surface area contributed by atoms with Gasteiger partial charge in [0.1, 0.15) is 11.2 Å². The first-order chi connectivity index (χ1) is 17.7. The summed E-state index contributed by atoms with van der Waals surface area (Å²) < 4.78 is 40.9. The number of anilines is 3. The summed E-state index contributed by atoms with van der Waals surface area (Å²) in [7, 11) is 0. The monoisotopic (exact) mass is 525 g/mol. The molecule has 0 radical (unpaired) electrons. The molecule has 1 aromatic heterocycles. The molecule has 6 rings (SSSR count). The van der Waals surface area contributed by atoms with Crippen LogP contribution in [0.25, 0.3) is 0 Å². The lowest BCUT2D eigenvalue weighted by Gasteiger charge is -2.53. The summed E-state index contributed by atoms with van der Waals surface area (Å²) >= 11 is 6.05. The Balaban J connectivity index is 1.47. The van der Waals surface area contributed by atoms with Gasteiger partial charge in [-0.05, 0) is 73.5 Å². The molecule has 3 aliphatic rings. The molecule has 0 unspecified atom stereocenters. The van der Waals surface area contributed by atoms with Crippen LogP contribution in [0.15, 0.2) is 72.0 Å². The van der Waals surface area contributed by atoms with Gasteiger partial charge in [0.2, 0.25) is 0 Å². The minimum atomic E-state index is -4.48. The van der Waals surface area contributed by atoms with Crippen molar-refractivity contribution in [3.8, 4) is 0 Å². The topological polar surface area (TPSA) is 52.0 Å². The Kier molecular flexibility index (Phi) is 5.45. The fourth-order valence-electron chi connectivity index (χ4n) is 5.82. The maximum absolute atomic E-state index is 14.3. The number of nitrogens with zero attached hydrogens (tertiary/aromatic N) is 5. The third-order valence-corrected chi connectivity index (χ3v) is 7.90. The van der Waals surface area contributed by atoms with Gasteiger partial charge in [0.05, 0.1) is 23.0 Å². The van der Waals surface area contributed by atoms with Crippen LogP contribution in [0.4, 0.5) is 30.4 Å². The minimum Gasteiger partial charge on any atom is -0.363 e. The molecule has 37 heavy (non-hydrogen) atoms. The molecule has 0 aliphatic carbocycles. The number of piperazine rings is 1. The maximum Gasteiger partial charge on any atom is 0.416 e. The Morgan fingerprint density at radius 1 is 1.05 bits per heavy atom. The third-order valence-electron chi connectivity index (χ3n) is 7.65. The van der Waals surface area contributed by atoms with E-state index >= 15 is 0 Å². The fourth-order valence-corrected chi connectivity index (χ4v) is 5.94. The van der Waals surface area contributed by atoms with Gasteiger partial charge in [-0.15, -0.1) is 0 Å². The van der Waals surface area contributed by atoms with Gasteiger partial charge in [-0.2, -0.15) is 23.3 Å². The van der Waals surface area contributed by atoms with E-state index in [1.165, 1.54) is 17.1 Å². The number of carbonyl (C=O) groups is 1. The number of halogens is 4. The molecule has 1 amide bonds. The van der Waals surface area contributed by atoms with E-state index < -0.39 is 17.2 Å². The van der Waals surface area contributed by atoms with Gasteiger partial charge in [0.15, 0.2) is 0 Å². The van der Waals surface area contributed by atoms with Gasteiger partial charge in [-0.1, -0.05) is 17.7 Å². The molecule has 190 valence electrons. The van der Waals surface area contributed by atoms with E-state index in [1.54, 1.807) is 37.4 Å². The second-order valence-corrected chi connectivity index (χ2v) is 10.0. The normalized spacial score (nSPS) is 23.3. The molecule has 0 N–H and O–H groups in total. The van der Waals surface area contributed by atoms with Crippen molar-refractivity contribution in [2.75, 3.05) is 34.4 Å². The van der Waals surface area contributed by atoms with Crippen LogP contribution >= 0.6 is 11.6 Å². The van der Waals surface area contributed by atoms with E-state index in [9.17, 15) is 18.0 Å². The molecule has 1 spiro atoms. The number of amides is 1. The van der Waals surface area contributed by atoms with Gasteiger partial charge < -0.3 is 9.80 Å². The Morgan fingerprint density at radius 2 is 1.84 bits per heavy atom. The predicted molar refractivity (Wildman–Crippen MR) is 137 cm³/mol. The van der Waals surface area contributed by atoms with Gasteiger partial charge >= 0.3 is 6.18 Å². The van der Waals surface area contributed by atoms with Crippen LogP contribution in [-0.4, -0.2) is 42.3 Å². The van der Waals surface area contributed by atoms with Crippen molar-refractivity contribution in [3.63, 3.8) is 0 Å². The number of carbonyl (C=O) groups excluding carboxylic acids is 1. The lowest BCUT2D eigenvalue weighted by molar-refractivity contribution is -0.137. The largest absolute Gasteiger partial charge is 0.416 e. The molecule has 0 bridgehead atoms.